The fraction of sp³-hybridized carbons (Fsp3) is 0.235. The van der Waals surface area contributed by atoms with Crippen LogP contribution in [0.5, 0.6) is 5.75 Å². The van der Waals surface area contributed by atoms with Gasteiger partial charge in [-0.15, -0.1) is 0 Å². The highest BCUT2D eigenvalue weighted by Gasteiger charge is 2.25. The first-order valence-corrected chi connectivity index (χ1v) is 6.80. The highest BCUT2D eigenvalue weighted by atomic mass is 16.5. The second kappa shape index (κ2) is 5.37. The molecule has 2 aromatic rings. The van der Waals surface area contributed by atoms with Crippen molar-refractivity contribution in [2.45, 2.75) is 19.4 Å². The van der Waals surface area contributed by atoms with Gasteiger partial charge in [-0.25, -0.2) is 0 Å². The van der Waals surface area contributed by atoms with Crippen molar-refractivity contribution in [1.29, 1.82) is 0 Å². The van der Waals surface area contributed by atoms with Crippen LogP contribution in [0.25, 0.3) is 0 Å². The molecule has 0 saturated heterocycles. The third-order valence-electron chi connectivity index (χ3n) is 3.45. The normalized spacial score (nSPS) is 16.8. The zero-order valence-electron chi connectivity index (χ0n) is 11.4. The third-order valence-corrected chi connectivity index (χ3v) is 3.45. The van der Waals surface area contributed by atoms with Crippen LogP contribution in [0.2, 0.25) is 0 Å². The summed E-state index contributed by atoms with van der Waals surface area (Å²) in [6, 6.07) is 15.7. The molecule has 0 spiro atoms. The van der Waals surface area contributed by atoms with Crippen LogP contribution in [-0.4, -0.2) is 18.4 Å². The average molecular weight is 267 g/mol. The molecule has 1 heterocycles. The maximum Gasteiger partial charge on any atom is 0.179 e. The van der Waals surface area contributed by atoms with E-state index in [0.29, 0.717) is 13.0 Å². The van der Waals surface area contributed by atoms with Crippen LogP contribution in [0, 0.1) is 6.92 Å². The van der Waals surface area contributed by atoms with Crippen LogP contribution in [0.15, 0.2) is 48.5 Å². The number of carbonyl (C=O) groups excluding carboxylic acids is 1. The number of nitrogens with one attached hydrogen (secondary N) is 1. The number of aryl methyl sites for hydroxylation is 1. The Hall–Kier alpha value is -2.29. The fourth-order valence-corrected chi connectivity index (χ4v) is 2.43. The van der Waals surface area contributed by atoms with E-state index in [1.54, 1.807) is 0 Å². The monoisotopic (exact) mass is 267 g/mol. The van der Waals surface area contributed by atoms with Gasteiger partial charge < -0.3 is 10.1 Å². The van der Waals surface area contributed by atoms with E-state index in [0.717, 1.165) is 17.0 Å². The summed E-state index contributed by atoms with van der Waals surface area (Å²) in [5, 5.41) is 3.24. The molecule has 0 bridgehead atoms. The molecule has 1 N–H and O–H groups in total. The quantitative estimate of drug-likeness (QED) is 0.929. The summed E-state index contributed by atoms with van der Waals surface area (Å²) in [5.74, 6) is 0.860. The lowest BCUT2D eigenvalue weighted by molar-refractivity contribution is -0.124. The predicted molar refractivity (Wildman–Crippen MR) is 79.2 cm³/mol. The largest absolute Gasteiger partial charge is 0.479 e. The number of ketones is 1. The molecule has 2 aromatic carbocycles. The van der Waals surface area contributed by atoms with Crippen molar-refractivity contribution in [3.05, 3.63) is 59.7 Å². The topological polar surface area (TPSA) is 38.3 Å². The van der Waals surface area contributed by atoms with Gasteiger partial charge in [0.05, 0.1) is 12.2 Å². The number of hydrogen-bond donors (Lipinski definition) is 1. The molecular weight excluding hydrogens is 250 g/mol. The van der Waals surface area contributed by atoms with Gasteiger partial charge in [-0.2, -0.15) is 0 Å². The van der Waals surface area contributed by atoms with Crippen molar-refractivity contribution in [3.63, 3.8) is 0 Å². The number of fused-ring (bicyclic) bond motifs is 1. The Morgan fingerprint density at radius 3 is 2.95 bits per heavy atom. The zero-order valence-corrected chi connectivity index (χ0v) is 11.4. The molecule has 102 valence electrons. The van der Waals surface area contributed by atoms with E-state index in [2.05, 4.69) is 5.32 Å². The summed E-state index contributed by atoms with van der Waals surface area (Å²) >= 11 is 0. The van der Waals surface area contributed by atoms with Gasteiger partial charge in [0.2, 0.25) is 0 Å². The Kier molecular flexibility index (Phi) is 3.42. The van der Waals surface area contributed by atoms with Gasteiger partial charge in [0.25, 0.3) is 0 Å². The van der Waals surface area contributed by atoms with Crippen molar-refractivity contribution in [2.24, 2.45) is 0 Å². The molecule has 1 unspecified atom stereocenters. The van der Waals surface area contributed by atoms with E-state index >= 15 is 0 Å². The predicted octanol–water partition coefficient (Wildman–Crippen LogP) is 2.98. The maximum atomic E-state index is 12.3. The van der Waals surface area contributed by atoms with Gasteiger partial charge >= 0.3 is 0 Å². The number of anilines is 1. The lowest BCUT2D eigenvalue weighted by Gasteiger charge is -2.26. The molecular formula is C17H17NO2. The van der Waals surface area contributed by atoms with Crippen LogP contribution in [-0.2, 0) is 11.2 Å². The number of hydrogen-bond acceptors (Lipinski definition) is 3. The molecule has 0 amide bonds. The highest BCUT2D eigenvalue weighted by molar-refractivity contribution is 5.87. The van der Waals surface area contributed by atoms with Gasteiger partial charge in [-0.1, -0.05) is 42.0 Å². The molecule has 20 heavy (non-hydrogen) atoms. The van der Waals surface area contributed by atoms with Crippen LogP contribution in [0.1, 0.15) is 11.1 Å². The smallest absolute Gasteiger partial charge is 0.179 e. The van der Waals surface area contributed by atoms with Gasteiger partial charge in [0.15, 0.2) is 11.9 Å². The lowest BCUT2D eigenvalue weighted by Crippen LogP contribution is -2.38. The second-order valence-electron chi connectivity index (χ2n) is 5.12. The first-order chi connectivity index (χ1) is 9.72. The number of Topliss-reactive ketones (excluding diaryl/α,β-unsaturated/α-hetero) is 1. The van der Waals surface area contributed by atoms with Gasteiger partial charge in [0, 0.05) is 6.42 Å². The molecule has 1 aliphatic rings. The Morgan fingerprint density at radius 2 is 2.10 bits per heavy atom. The van der Waals surface area contributed by atoms with Crippen molar-refractivity contribution in [3.8, 4) is 5.75 Å². The Bertz CT molecular complexity index is 636. The molecule has 0 aromatic heterocycles. The summed E-state index contributed by atoms with van der Waals surface area (Å²) in [6.07, 6.45) is 0.00124. The summed E-state index contributed by atoms with van der Waals surface area (Å²) in [4.78, 5) is 12.3. The Balaban J connectivity index is 1.70. The minimum atomic E-state index is -0.412. The first kappa shape index (κ1) is 12.7. The van der Waals surface area contributed by atoms with Gasteiger partial charge in [0.1, 0.15) is 5.75 Å². The molecule has 0 saturated carbocycles. The van der Waals surface area contributed by atoms with Crippen LogP contribution in [0.3, 0.4) is 0 Å². The fourth-order valence-electron chi connectivity index (χ4n) is 2.43. The number of rotatable bonds is 3. The van der Waals surface area contributed by atoms with Crippen molar-refractivity contribution < 1.29 is 9.53 Å². The minimum absolute atomic E-state index is 0.109. The van der Waals surface area contributed by atoms with Crippen LogP contribution < -0.4 is 10.1 Å². The number of benzene rings is 2. The average Bonchev–Trinajstić information content (AvgIpc) is 2.47. The standard InChI is InChI=1S/C17H17NO2/c1-12-5-4-6-13(9-12)10-15(19)17-11-18-14-7-2-3-8-16(14)20-17/h2-9,17-18H,10-11H2,1H3. The summed E-state index contributed by atoms with van der Waals surface area (Å²) in [7, 11) is 0. The summed E-state index contributed by atoms with van der Waals surface area (Å²) in [6.45, 7) is 2.56. The van der Waals surface area contributed by atoms with Crippen molar-refractivity contribution in [2.75, 3.05) is 11.9 Å². The van der Waals surface area contributed by atoms with E-state index in [9.17, 15) is 4.79 Å². The van der Waals surface area contributed by atoms with Gasteiger partial charge in [-0.3, -0.25) is 4.79 Å². The second-order valence-corrected chi connectivity index (χ2v) is 5.12. The minimum Gasteiger partial charge on any atom is -0.479 e. The number of carbonyl (C=O) groups is 1. The molecule has 0 fully saturated rings. The van der Waals surface area contributed by atoms with E-state index in [4.69, 9.17) is 4.74 Å². The Morgan fingerprint density at radius 1 is 1.25 bits per heavy atom. The van der Waals surface area contributed by atoms with Crippen molar-refractivity contribution >= 4 is 11.5 Å². The lowest BCUT2D eigenvalue weighted by atomic mass is 10.0. The van der Waals surface area contributed by atoms with Gasteiger partial charge in [-0.05, 0) is 24.6 Å². The summed E-state index contributed by atoms with van der Waals surface area (Å²) in [5.41, 5.74) is 3.16. The van der Waals surface area contributed by atoms with Crippen molar-refractivity contribution in [1.82, 2.24) is 0 Å². The molecule has 1 atom stereocenters. The molecule has 3 heteroatoms. The Labute approximate surface area is 118 Å². The SMILES string of the molecule is Cc1cccc(CC(=O)C2CNc3ccccc3O2)c1. The first-order valence-electron chi connectivity index (χ1n) is 6.80. The van der Waals surface area contributed by atoms with E-state index in [-0.39, 0.29) is 5.78 Å². The molecule has 0 aliphatic carbocycles. The van der Waals surface area contributed by atoms with Crippen LogP contribution in [0.4, 0.5) is 5.69 Å². The highest BCUT2D eigenvalue weighted by Crippen LogP contribution is 2.28. The maximum absolute atomic E-state index is 12.3. The summed E-state index contributed by atoms with van der Waals surface area (Å²) < 4.78 is 5.78. The van der Waals surface area contributed by atoms with E-state index < -0.39 is 6.10 Å². The molecule has 1 aliphatic heterocycles. The zero-order chi connectivity index (χ0) is 13.9. The van der Waals surface area contributed by atoms with Crippen LogP contribution >= 0.6 is 0 Å². The molecule has 3 nitrogen and oxygen atoms in total. The van der Waals surface area contributed by atoms with E-state index in [1.807, 2.05) is 55.5 Å². The molecule has 0 radical (unpaired) electrons. The number of ether oxygens (including phenoxy) is 1. The molecule has 3 rings (SSSR count). The third kappa shape index (κ3) is 2.67. The number of para-hydroxylation sites is 2. The van der Waals surface area contributed by atoms with E-state index in [1.165, 1.54) is 5.56 Å².